The Kier molecular flexibility index (Phi) is 5.68. The second-order valence-corrected chi connectivity index (χ2v) is 7.86. The number of piperidine rings is 1. The van der Waals surface area contributed by atoms with E-state index in [1.54, 1.807) is 29.4 Å². The lowest BCUT2D eigenvalue weighted by molar-refractivity contribution is 0.184. The first-order chi connectivity index (χ1) is 11.2. The number of nitrogens with zero attached hydrogens (tertiary/aromatic N) is 5. The van der Waals surface area contributed by atoms with Gasteiger partial charge in [-0.25, -0.2) is 15.0 Å². The van der Waals surface area contributed by atoms with Gasteiger partial charge in [0.2, 0.25) is 0 Å². The number of aromatic nitrogens is 3. The molecule has 1 aliphatic rings. The second kappa shape index (κ2) is 7.74. The predicted octanol–water partition coefficient (Wildman–Crippen LogP) is 2.09. The van der Waals surface area contributed by atoms with Crippen LogP contribution in [0.1, 0.15) is 19.3 Å². The van der Waals surface area contributed by atoms with Gasteiger partial charge in [0.05, 0.1) is 0 Å². The van der Waals surface area contributed by atoms with Crippen molar-refractivity contribution in [2.24, 2.45) is 0 Å². The van der Waals surface area contributed by atoms with Gasteiger partial charge < -0.3 is 14.9 Å². The van der Waals surface area contributed by atoms with E-state index in [1.165, 1.54) is 0 Å². The molecule has 126 valence electrons. The summed E-state index contributed by atoms with van der Waals surface area (Å²) in [5.74, 6) is 1.03. The Balaban J connectivity index is 1.69. The number of hydrogen-bond donors (Lipinski definition) is 1. The minimum absolute atomic E-state index is 0.269. The maximum absolute atomic E-state index is 8.97. The number of fused-ring (bicyclic) bond motifs is 1. The molecule has 1 aliphatic heterocycles. The zero-order chi connectivity index (χ0) is 16.2. The van der Waals surface area contributed by atoms with Crippen LogP contribution in [0.2, 0.25) is 0 Å². The van der Waals surface area contributed by atoms with Gasteiger partial charge in [0, 0.05) is 32.3 Å². The highest BCUT2D eigenvalue weighted by Gasteiger charge is 2.25. The second-order valence-electron chi connectivity index (χ2n) is 5.81. The number of thiazole rings is 1. The minimum Gasteiger partial charge on any atom is -0.396 e. The molecule has 0 atom stereocenters. The van der Waals surface area contributed by atoms with Gasteiger partial charge in [-0.2, -0.15) is 0 Å². The van der Waals surface area contributed by atoms with Crippen LogP contribution in [0.3, 0.4) is 0 Å². The van der Waals surface area contributed by atoms with Crippen LogP contribution < -0.4 is 4.90 Å². The largest absolute Gasteiger partial charge is 0.396 e. The molecule has 0 unspecified atom stereocenters. The molecule has 0 saturated carbocycles. The van der Waals surface area contributed by atoms with Gasteiger partial charge in [0.15, 0.2) is 15.8 Å². The first-order valence-corrected chi connectivity index (χ1v) is 9.98. The van der Waals surface area contributed by atoms with E-state index in [0.29, 0.717) is 6.04 Å². The SMILES string of the molecule is CSc1nc2ncnc(N3CCC(N(C)CCCO)CC3)c2s1. The summed E-state index contributed by atoms with van der Waals surface area (Å²) in [6, 6.07) is 0.596. The molecule has 3 heterocycles. The number of hydrogen-bond acceptors (Lipinski definition) is 8. The third-order valence-electron chi connectivity index (χ3n) is 4.38. The van der Waals surface area contributed by atoms with E-state index in [9.17, 15) is 0 Å². The maximum atomic E-state index is 8.97. The van der Waals surface area contributed by atoms with Crippen molar-refractivity contribution in [3.8, 4) is 0 Å². The highest BCUT2D eigenvalue weighted by molar-refractivity contribution is 8.00. The highest BCUT2D eigenvalue weighted by Crippen LogP contribution is 2.33. The molecule has 3 rings (SSSR count). The summed E-state index contributed by atoms with van der Waals surface area (Å²) in [5, 5.41) is 8.97. The normalized spacial score (nSPS) is 16.6. The number of anilines is 1. The van der Waals surface area contributed by atoms with E-state index in [1.807, 2.05) is 6.26 Å². The summed E-state index contributed by atoms with van der Waals surface area (Å²) in [6.07, 6.45) is 6.77. The Morgan fingerprint density at radius 3 is 2.87 bits per heavy atom. The molecule has 1 fully saturated rings. The van der Waals surface area contributed by atoms with Crippen LogP contribution in [0.15, 0.2) is 10.7 Å². The van der Waals surface area contributed by atoms with E-state index in [4.69, 9.17) is 5.11 Å². The fraction of sp³-hybridized carbons (Fsp3) is 0.667. The lowest BCUT2D eigenvalue weighted by Crippen LogP contribution is -2.44. The molecule has 2 aromatic rings. The van der Waals surface area contributed by atoms with Crippen molar-refractivity contribution < 1.29 is 5.11 Å². The van der Waals surface area contributed by atoms with Crippen LogP contribution in [-0.2, 0) is 0 Å². The summed E-state index contributed by atoms with van der Waals surface area (Å²) in [7, 11) is 2.16. The van der Waals surface area contributed by atoms with Crippen molar-refractivity contribution in [3.63, 3.8) is 0 Å². The van der Waals surface area contributed by atoms with E-state index >= 15 is 0 Å². The molecule has 0 amide bonds. The van der Waals surface area contributed by atoms with Crippen LogP contribution in [0.25, 0.3) is 10.3 Å². The molecule has 8 heteroatoms. The quantitative estimate of drug-likeness (QED) is 0.798. The Hall–Kier alpha value is -0.960. The molecule has 2 aromatic heterocycles. The molecular weight excluding hydrogens is 330 g/mol. The van der Waals surface area contributed by atoms with E-state index in [2.05, 4.69) is 31.8 Å². The third kappa shape index (κ3) is 3.76. The summed E-state index contributed by atoms with van der Waals surface area (Å²) >= 11 is 3.34. The topological polar surface area (TPSA) is 65.4 Å². The van der Waals surface area contributed by atoms with Gasteiger partial charge in [-0.3, -0.25) is 0 Å². The van der Waals surface area contributed by atoms with Crippen molar-refractivity contribution in [2.75, 3.05) is 44.4 Å². The van der Waals surface area contributed by atoms with E-state index in [0.717, 1.165) is 59.4 Å². The molecule has 23 heavy (non-hydrogen) atoms. The standard InChI is InChI=1S/C15H23N5OS2/c1-19(6-3-9-21)11-4-7-20(8-5-11)14-12-13(16-10-17-14)18-15(22-2)23-12/h10-11,21H,3-9H2,1-2H3. The molecule has 0 bridgehead atoms. The molecule has 0 aromatic carbocycles. The molecule has 0 aliphatic carbocycles. The molecule has 6 nitrogen and oxygen atoms in total. The molecule has 0 radical (unpaired) electrons. The first-order valence-electron chi connectivity index (χ1n) is 7.94. The smallest absolute Gasteiger partial charge is 0.176 e. The van der Waals surface area contributed by atoms with Crippen LogP contribution in [0.5, 0.6) is 0 Å². The Labute approximate surface area is 144 Å². The van der Waals surface area contributed by atoms with Gasteiger partial charge >= 0.3 is 0 Å². The van der Waals surface area contributed by atoms with E-state index < -0.39 is 0 Å². The third-order valence-corrected chi connectivity index (χ3v) is 6.41. The van der Waals surface area contributed by atoms with Gasteiger partial charge in [-0.05, 0) is 32.6 Å². The van der Waals surface area contributed by atoms with Crippen LogP contribution in [0.4, 0.5) is 5.82 Å². The van der Waals surface area contributed by atoms with Gasteiger partial charge in [0.1, 0.15) is 11.0 Å². The molecule has 1 saturated heterocycles. The van der Waals surface area contributed by atoms with Crippen molar-refractivity contribution >= 4 is 39.3 Å². The highest BCUT2D eigenvalue weighted by atomic mass is 32.2. The lowest BCUT2D eigenvalue weighted by atomic mass is 10.0. The summed E-state index contributed by atoms with van der Waals surface area (Å²) in [5.41, 5.74) is 0.812. The van der Waals surface area contributed by atoms with Crippen LogP contribution in [-0.4, -0.2) is 70.5 Å². The summed E-state index contributed by atoms with van der Waals surface area (Å²) < 4.78 is 2.14. The average molecular weight is 354 g/mol. The van der Waals surface area contributed by atoms with Crippen LogP contribution in [0, 0.1) is 0 Å². The fourth-order valence-electron chi connectivity index (χ4n) is 3.06. The average Bonchev–Trinajstić information content (AvgIpc) is 3.03. The monoisotopic (exact) mass is 353 g/mol. The lowest BCUT2D eigenvalue weighted by Gasteiger charge is -2.37. The van der Waals surface area contributed by atoms with Crippen molar-refractivity contribution in [1.29, 1.82) is 0 Å². The summed E-state index contributed by atoms with van der Waals surface area (Å²) in [4.78, 5) is 18.1. The Morgan fingerprint density at radius 1 is 1.39 bits per heavy atom. The van der Waals surface area contributed by atoms with E-state index in [-0.39, 0.29) is 6.61 Å². The number of aliphatic hydroxyl groups is 1. The minimum atomic E-state index is 0.269. The zero-order valence-electron chi connectivity index (χ0n) is 13.6. The van der Waals surface area contributed by atoms with Gasteiger partial charge in [0.25, 0.3) is 0 Å². The van der Waals surface area contributed by atoms with Gasteiger partial charge in [-0.1, -0.05) is 11.8 Å². The summed E-state index contributed by atoms with van der Waals surface area (Å²) in [6.45, 7) is 3.25. The van der Waals surface area contributed by atoms with Crippen molar-refractivity contribution in [3.05, 3.63) is 6.33 Å². The fourth-order valence-corrected chi connectivity index (χ4v) is 4.59. The molecular formula is C15H23N5OS2. The number of rotatable bonds is 6. The Bertz CT molecular complexity index is 642. The zero-order valence-corrected chi connectivity index (χ0v) is 15.2. The van der Waals surface area contributed by atoms with Crippen molar-refractivity contribution in [1.82, 2.24) is 19.9 Å². The predicted molar refractivity (Wildman–Crippen MR) is 96.6 cm³/mol. The number of aliphatic hydroxyl groups excluding tert-OH is 1. The molecule has 1 N–H and O–H groups in total. The molecule has 0 spiro atoms. The van der Waals surface area contributed by atoms with Crippen LogP contribution >= 0.6 is 23.1 Å². The first kappa shape index (κ1) is 16.9. The number of thioether (sulfide) groups is 1. The van der Waals surface area contributed by atoms with Crippen molar-refractivity contribution in [2.45, 2.75) is 29.6 Å². The Morgan fingerprint density at radius 2 is 2.17 bits per heavy atom. The van der Waals surface area contributed by atoms with Gasteiger partial charge in [-0.15, -0.1) is 11.3 Å². The maximum Gasteiger partial charge on any atom is 0.176 e.